The standard InChI is InChI=1S/C22H25NOS.ClH/c1-2-19(20-10-13-25-22(20)3-1)17-6-4-16(5-7-17)15-24-21-14-23-11-8-18(21)9-12-23;/h2,4-7,10,13,18,21H,1,3,8-9,11-12,14-15H2;1H. The number of halogens is 1. The first kappa shape index (κ1) is 18.2. The molecule has 2 aromatic rings. The van der Waals surface area contributed by atoms with Crippen LogP contribution in [0.15, 0.2) is 41.8 Å². The molecule has 2 bridgehead atoms. The molecule has 138 valence electrons. The number of rotatable bonds is 4. The van der Waals surface area contributed by atoms with Crippen LogP contribution in [0.4, 0.5) is 0 Å². The van der Waals surface area contributed by atoms with Gasteiger partial charge in [0.2, 0.25) is 0 Å². The van der Waals surface area contributed by atoms with Crippen molar-refractivity contribution in [3.05, 3.63) is 63.4 Å². The fraction of sp³-hybridized carbons (Fsp3) is 0.455. The van der Waals surface area contributed by atoms with Gasteiger partial charge in [0.15, 0.2) is 0 Å². The minimum absolute atomic E-state index is 0. The Bertz CT molecular complexity index is 774. The lowest BCUT2D eigenvalue weighted by molar-refractivity contribution is -0.0765. The Kier molecular flexibility index (Phi) is 5.51. The Morgan fingerprint density at radius 3 is 2.62 bits per heavy atom. The molecule has 0 spiro atoms. The van der Waals surface area contributed by atoms with Crippen LogP contribution in [0.3, 0.4) is 0 Å². The smallest absolute Gasteiger partial charge is 0.0735 e. The molecular formula is C22H26ClNOS. The second-order valence-electron chi connectivity index (χ2n) is 7.60. The van der Waals surface area contributed by atoms with Gasteiger partial charge in [-0.1, -0.05) is 30.3 Å². The number of hydrogen-bond acceptors (Lipinski definition) is 3. The highest BCUT2D eigenvalue weighted by atomic mass is 35.5. The fourth-order valence-corrected chi connectivity index (χ4v) is 5.50. The molecule has 3 aliphatic heterocycles. The first-order chi connectivity index (χ1) is 12.4. The average molecular weight is 388 g/mol. The first-order valence-corrected chi connectivity index (χ1v) is 10.4. The number of thiophene rings is 1. The summed E-state index contributed by atoms with van der Waals surface area (Å²) in [4.78, 5) is 4.09. The summed E-state index contributed by atoms with van der Waals surface area (Å²) in [5, 5.41) is 2.22. The number of fused-ring (bicyclic) bond motifs is 4. The zero-order valence-electron chi connectivity index (χ0n) is 15.0. The maximum Gasteiger partial charge on any atom is 0.0735 e. The maximum absolute atomic E-state index is 6.28. The maximum atomic E-state index is 6.28. The summed E-state index contributed by atoms with van der Waals surface area (Å²) < 4.78 is 6.28. The lowest BCUT2D eigenvalue weighted by Gasteiger charge is -2.44. The van der Waals surface area contributed by atoms with Gasteiger partial charge in [-0.25, -0.2) is 0 Å². The van der Waals surface area contributed by atoms with Crippen LogP contribution in [0.5, 0.6) is 0 Å². The molecule has 1 aromatic carbocycles. The van der Waals surface area contributed by atoms with Crippen molar-refractivity contribution >= 4 is 29.3 Å². The fourth-order valence-electron chi connectivity index (χ4n) is 4.59. The Morgan fingerprint density at radius 2 is 1.88 bits per heavy atom. The largest absolute Gasteiger partial charge is 0.372 e. The molecule has 3 saturated heterocycles. The zero-order chi connectivity index (χ0) is 16.6. The van der Waals surface area contributed by atoms with Gasteiger partial charge in [-0.2, -0.15) is 0 Å². The first-order valence-electron chi connectivity index (χ1n) is 9.57. The summed E-state index contributed by atoms with van der Waals surface area (Å²) in [5.41, 5.74) is 5.48. The summed E-state index contributed by atoms with van der Waals surface area (Å²) in [7, 11) is 0. The van der Waals surface area contributed by atoms with E-state index in [1.807, 2.05) is 11.3 Å². The van der Waals surface area contributed by atoms with Crippen molar-refractivity contribution in [2.45, 2.75) is 38.4 Å². The number of ether oxygens (including phenoxy) is 1. The molecule has 0 radical (unpaired) electrons. The van der Waals surface area contributed by atoms with Crippen LogP contribution in [0.2, 0.25) is 0 Å². The van der Waals surface area contributed by atoms with E-state index in [1.165, 1.54) is 59.5 Å². The van der Waals surface area contributed by atoms with E-state index in [4.69, 9.17) is 4.74 Å². The lowest BCUT2D eigenvalue weighted by atomic mass is 9.86. The van der Waals surface area contributed by atoms with Gasteiger partial charge in [0.25, 0.3) is 0 Å². The molecular weight excluding hydrogens is 362 g/mol. The molecule has 0 N–H and O–H groups in total. The molecule has 4 aliphatic rings. The molecule has 3 fully saturated rings. The molecule has 1 atom stereocenters. The monoisotopic (exact) mass is 387 g/mol. The molecule has 4 heterocycles. The van der Waals surface area contributed by atoms with Gasteiger partial charge in [0.05, 0.1) is 12.7 Å². The highest BCUT2D eigenvalue weighted by Gasteiger charge is 2.34. The molecule has 1 aromatic heterocycles. The zero-order valence-corrected chi connectivity index (χ0v) is 16.7. The van der Waals surface area contributed by atoms with Crippen LogP contribution < -0.4 is 0 Å². The molecule has 1 unspecified atom stereocenters. The Hall–Kier alpha value is -1.13. The van der Waals surface area contributed by atoms with E-state index in [1.54, 1.807) is 0 Å². The third-order valence-electron chi connectivity index (χ3n) is 6.08. The second-order valence-corrected chi connectivity index (χ2v) is 8.60. The number of hydrogen-bond donors (Lipinski definition) is 0. The number of allylic oxidation sites excluding steroid dienone is 1. The summed E-state index contributed by atoms with van der Waals surface area (Å²) >= 11 is 1.89. The molecule has 2 nitrogen and oxygen atoms in total. The van der Waals surface area contributed by atoms with Gasteiger partial charge in [0, 0.05) is 11.4 Å². The minimum atomic E-state index is 0. The topological polar surface area (TPSA) is 12.5 Å². The lowest BCUT2D eigenvalue weighted by Crippen LogP contribution is -2.51. The Morgan fingerprint density at radius 1 is 1.08 bits per heavy atom. The van der Waals surface area contributed by atoms with Crippen molar-refractivity contribution in [3.8, 4) is 0 Å². The predicted molar refractivity (Wildman–Crippen MR) is 111 cm³/mol. The van der Waals surface area contributed by atoms with Crippen LogP contribution in [0.25, 0.3) is 5.57 Å². The highest BCUT2D eigenvalue weighted by molar-refractivity contribution is 7.10. The van der Waals surface area contributed by atoms with Crippen molar-refractivity contribution < 1.29 is 4.74 Å². The normalized spacial score (nSPS) is 26.8. The van der Waals surface area contributed by atoms with Gasteiger partial charge in [-0.3, -0.25) is 0 Å². The molecule has 26 heavy (non-hydrogen) atoms. The van der Waals surface area contributed by atoms with Crippen LogP contribution in [-0.4, -0.2) is 30.6 Å². The van der Waals surface area contributed by atoms with Crippen molar-refractivity contribution in [1.82, 2.24) is 4.90 Å². The summed E-state index contributed by atoms with van der Waals surface area (Å²) in [6, 6.07) is 11.3. The van der Waals surface area contributed by atoms with Crippen LogP contribution in [-0.2, 0) is 17.8 Å². The van der Waals surface area contributed by atoms with Crippen LogP contribution >= 0.6 is 23.7 Å². The molecule has 4 heteroatoms. The van der Waals surface area contributed by atoms with Gasteiger partial charge < -0.3 is 9.64 Å². The van der Waals surface area contributed by atoms with Gasteiger partial charge in [-0.05, 0) is 78.4 Å². The average Bonchev–Trinajstić information content (AvgIpc) is 3.17. The van der Waals surface area contributed by atoms with Gasteiger partial charge in [-0.15, -0.1) is 23.7 Å². The van der Waals surface area contributed by atoms with E-state index in [0.29, 0.717) is 6.10 Å². The summed E-state index contributed by atoms with van der Waals surface area (Å²) in [5.74, 6) is 0.786. The van der Waals surface area contributed by atoms with Crippen LogP contribution in [0, 0.1) is 5.92 Å². The second kappa shape index (κ2) is 7.85. The molecule has 0 saturated carbocycles. The number of benzene rings is 1. The van der Waals surface area contributed by atoms with Crippen molar-refractivity contribution in [2.24, 2.45) is 5.92 Å². The van der Waals surface area contributed by atoms with Crippen molar-refractivity contribution in [1.29, 1.82) is 0 Å². The Labute approximate surface area is 166 Å². The van der Waals surface area contributed by atoms with Gasteiger partial charge >= 0.3 is 0 Å². The van der Waals surface area contributed by atoms with Gasteiger partial charge in [0.1, 0.15) is 0 Å². The highest BCUT2D eigenvalue weighted by Crippen LogP contribution is 2.35. The predicted octanol–water partition coefficient (Wildman–Crippen LogP) is 5.16. The van der Waals surface area contributed by atoms with Crippen LogP contribution in [0.1, 0.15) is 40.8 Å². The number of aryl methyl sites for hydroxylation is 1. The van der Waals surface area contributed by atoms with E-state index in [9.17, 15) is 0 Å². The van der Waals surface area contributed by atoms with Crippen molar-refractivity contribution in [3.63, 3.8) is 0 Å². The number of piperidine rings is 3. The Balaban J connectivity index is 0.00000168. The molecule has 1 aliphatic carbocycles. The summed E-state index contributed by atoms with van der Waals surface area (Å²) in [6.07, 6.45) is 7.83. The van der Waals surface area contributed by atoms with E-state index in [2.05, 4.69) is 46.7 Å². The third-order valence-corrected chi connectivity index (χ3v) is 7.06. The van der Waals surface area contributed by atoms with E-state index < -0.39 is 0 Å². The minimum Gasteiger partial charge on any atom is -0.372 e. The number of nitrogens with zero attached hydrogens (tertiary/aromatic N) is 1. The molecule has 6 rings (SSSR count). The SMILES string of the molecule is C1=C(c2ccc(COC3CN4CCC3CC4)cc2)c2ccsc2CC1.Cl. The third kappa shape index (κ3) is 3.50. The van der Waals surface area contributed by atoms with E-state index in [0.717, 1.165) is 25.5 Å². The molecule has 0 amide bonds. The van der Waals surface area contributed by atoms with E-state index in [-0.39, 0.29) is 12.4 Å². The van der Waals surface area contributed by atoms with Crippen molar-refractivity contribution in [2.75, 3.05) is 19.6 Å². The quantitative estimate of drug-likeness (QED) is 0.718. The van der Waals surface area contributed by atoms with E-state index >= 15 is 0 Å². The summed E-state index contributed by atoms with van der Waals surface area (Å²) in [6.45, 7) is 4.44.